The number of alkyl halides is 3. The van der Waals surface area contributed by atoms with Crippen molar-refractivity contribution >= 4 is 23.2 Å². The topological polar surface area (TPSA) is 97.9 Å². The molecule has 0 atom stereocenters. The first kappa shape index (κ1) is 20.9. The molecule has 2 aromatic heterocycles. The largest absolute Gasteiger partial charge is 0.416 e. The van der Waals surface area contributed by atoms with Crippen LogP contribution in [-0.4, -0.2) is 20.8 Å². The van der Waals surface area contributed by atoms with Gasteiger partial charge in [-0.1, -0.05) is 12.1 Å². The van der Waals surface area contributed by atoms with Crippen molar-refractivity contribution in [2.24, 2.45) is 0 Å². The molecule has 0 radical (unpaired) electrons. The Kier molecular flexibility index (Phi) is 5.50. The maximum absolute atomic E-state index is 12.6. The first-order valence-electron chi connectivity index (χ1n) is 9.41. The highest BCUT2D eigenvalue weighted by Crippen LogP contribution is 2.30. The molecule has 0 aliphatic rings. The number of pyridine rings is 1. The van der Waals surface area contributed by atoms with Crippen LogP contribution in [0.3, 0.4) is 0 Å². The number of aromatic nitrogens is 3. The fourth-order valence-corrected chi connectivity index (χ4v) is 2.99. The summed E-state index contributed by atoms with van der Waals surface area (Å²) >= 11 is 0. The summed E-state index contributed by atoms with van der Waals surface area (Å²) in [5.74, 6) is 0.379. The molecule has 162 valence electrons. The molecule has 4 rings (SSSR count). The van der Waals surface area contributed by atoms with E-state index in [0.29, 0.717) is 17.2 Å². The third-order valence-electron chi connectivity index (χ3n) is 4.50. The van der Waals surface area contributed by atoms with E-state index >= 15 is 0 Å². The standard InChI is InChI=1S/C22H17F3N6O/c23-22(24,25)15-4-6-16(7-5-15)28-21(32)29-17-3-1-2-14(12-17)19-9-11-31(30-19)18-8-10-27-20(26)13-18/h1-13H,(H2,26,27)(H2,28,29,32). The highest BCUT2D eigenvalue weighted by Gasteiger charge is 2.29. The Morgan fingerprint density at radius 2 is 1.69 bits per heavy atom. The lowest BCUT2D eigenvalue weighted by Crippen LogP contribution is -2.19. The number of carbonyl (C=O) groups excluding carboxylic acids is 1. The molecule has 0 aliphatic heterocycles. The maximum Gasteiger partial charge on any atom is 0.416 e. The zero-order chi connectivity index (χ0) is 22.7. The predicted octanol–water partition coefficient (Wildman–Crippen LogP) is 5.18. The monoisotopic (exact) mass is 438 g/mol. The zero-order valence-corrected chi connectivity index (χ0v) is 16.5. The van der Waals surface area contributed by atoms with Crippen molar-refractivity contribution in [3.05, 3.63) is 84.7 Å². The van der Waals surface area contributed by atoms with Gasteiger partial charge in [0.2, 0.25) is 0 Å². The average molecular weight is 438 g/mol. The van der Waals surface area contributed by atoms with E-state index in [1.54, 1.807) is 47.4 Å². The van der Waals surface area contributed by atoms with E-state index in [1.165, 1.54) is 12.1 Å². The van der Waals surface area contributed by atoms with E-state index in [9.17, 15) is 18.0 Å². The number of nitrogen functional groups attached to an aromatic ring is 1. The van der Waals surface area contributed by atoms with Gasteiger partial charge in [0.05, 0.1) is 16.9 Å². The van der Waals surface area contributed by atoms with E-state index in [1.807, 2.05) is 12.1 Å². The van der Waals surface area contributed by atoms with Gasteiger partial charge in [-0.05, 0) is 48.5 Å². The van der Waals surface area contributed by atoms with Gasteiger partial charge in [-0.25, -0.2) is 14.5 Å². The van der Waals surface area contributed by atoms with Crippen molar-refractivity contribution in [2.75, 3.05) is 16.4 Å². The third-order valence-corrected chi connectivity index (χ3v) is 4.50. The summed E-state index contributed by atoms with van der Waals surface area (Å²) < 4.78 is 39.6. The van der Waals surface area contributed by atoms with Crippen LogP contribution >= 0.6 is 0 Å². The minimum atomic E-state index is -4.43. The van der Waals surface area contributed by atoms with Crippen LogP contribution in [0.5, 0.6) is 0 Å². The second-order valence-corrected chi connectivity index (χ2v) is 6.82. The lowest BCUT2D eigenvalue weighted by Gasteiger charge is -2.10. The fraction of sp³-hybridized carbons (Fsp3) is 0.0455. The van der Waals surface area contributed by atoms with Crippen LogP contribution in [0.1, 0.15) is 5.56 Å². The molecule has 0 aliphatic carbocycles. The number of amides is 2. The quantitative estimate of drug-likeness (QED) is 0.409. The van der Waals surface area contributed by atoms with Gasteiger partial charge in [-0.15, -0.1) is 0 Å². The summed E-state index contributed by atoms with van der Waals surface area (Å²) in [5.41, 5.74) is 7.85. The summed E-state index contributed by atoms with van der Waals surface area (Å²) in [4.78, 5) is 16.2. The number of hydrogen-bond acceptors (Lipinski definition) is 4. The van der Waals surface area contributed by atoms with E-state index in [2.05, 4.69) is 20.7 Å². The first-order chi connectivity index (χ1) is 15.3. The summed E-state index contributed by atoms with van der Waals surface area (Å²) in [6, 6.07) is 15.9. The molecule has 7 nitrogen and oxygen atoms in total. The van der Waals surface area contributed by atoms with Gasteiger partial charge in [0, 0.05) is 35.4 Å². The number of hydrogen-bond donors (Lipinski definition) is 3. The Balaban J connectivity index is 1.45. The molecule has 0 saturated heterocycles. The molecule has 2 heterocycles. The van der Waals surface area contributed by atoms with Crippen molar-refractivity contribution in [3.8, 4) is 16.9 Å². The van der Waals surface area contributed by atoms with Gasteiger partial charge in [0.25, 0.3) is 0 Å². The Morgan fingerprint density at radius 1 is 0.938 bits per heavy atom. The first-order valence-corrected chi connectivity index (χ1v) is 9.41. The fourth-order valence-electron chi connectivity index (χ4n) is 2.99. The minimum Gasteiger partial charge on any atom is -0.384 e. The van der Waals surface area contributed by atoms with Crippen LogP contribution in [0.25, 0.3) is 16.9 Å². The third kappa shape index (κ3) is 4.86. The van der Waals surface area contributed by atoms with Crippen molar-refractivity contribution in [1.29, 1.82) is 0 Å². The lowest BCUT2D eigenvalue weighted by molar-refractivity contribution is -0.137. The molecule has 32 heavy (non-hydrogen) atoms. The summed E-state index contributed by atoms with van der Waals surface area (Å²) in [6.07, 6.45) is -1.06. The van der Waals surface area contributed by atoms with Crippen LogP contribution in [-0.2, 0) is 6.18 Å². The Labute approximate surface area is 180 Å². The number of nitrogens with two attached hydrogens (primary N) is 1. The number of carbonyl (C=O) groups is 1. The van der Waals surface area contributed by atoms with Gasteiger partial charge in [0.15, 0.2) is 0 Å². The van der Waals surface area contributed by atoms with Gasteiger partial charge in [0.1, 0.15) is 5.82 Å². The molecule has 2 aromatic carbocycles. The van der Waals surface area contributed by atoms with Gasteiger partial charge >= 0.3 is 12.2 Å². The number of benzene rings is 2. The van der Waals surface area contributed by atoms with Crippen LogP contribution in [0.2, 0.25) is 0 Å². The molecule has 4 aromatic rings. The molecule has 0 spiro atoms. The molecule has 0 unspecified atom stereocenters. The van der Waals surface area contributed by atoms with Gasteiger partial charge in [-0.2, -0.15) is 18.3 Å². The van der Waals surface area contributed by atoms with Gasteiger partial charge in [-0.3, -0.25) is 0 Å². The lowest BCUT2D eigenvalue weighted by atomic mass is 10.1. The molecule has 4 N–H and O–H groups in total. The Bertz CT molecular complexity index is 1250. The SMILES string of the molecule is Nc1cc(-n2ccc(-c3cccc(NC(=O)Nc4ccc(C(F)(F)F)cc4)c3)n2)ccn1. The van der Waals surface area contributed by atoms with Crippen molar-refractivity contribution in [1.82, 2.24) is 14.8 Å². The second kappa shape index (κ2) is 8.42. The summed E-state index contributed by atoms with van der Waals surface area (Å²) in [5, 5.41) is 9.69. The maximum atomic E-state index is 12.6. The number of nitrogens with zero attached hydrogens (tertiary/aromatic N) is 3. The highest BCUT2D eigenvalue weighted by atomic mass is 19.4. The van der Waals surface area contributed by atoms with Crippen molar-refractivity contribution in [3.63, 3.8) is 0 Å². The molecule has 2 amide bonds. The minimum absolute atomic E-state index is 0.238. The van der Waals surface area contributed by atoms with E-state index < -0.39 is 17.8 Å². The van der Waals surface area contributed by atoms with E-state index in [0.717, 1.165) is 23.4 Å². The van der Waals surface area contributed by atoms with E-state index in [-0.39, 0.29) is 5.69 Å². The Morgan fingerprint density at radius 3 is 2.41 bits per heavy atom. The number of rotatable bonds is 4. The molecule has 0 fully saturated rings. The number of urea groups is 1. The smallest absolute Gasteiger partial charge is 0.384 e. The highest BCUT2D eigenvalue weighted by molar-refractivity contribution is 6.00. The van der Waals surface area contributed by atoms with Crippen LogP contribution in [0, 0.1) is 0 Å². The number of nitrogens with one attached hydrogen (secondary N) is 2. The molecule has 10 heteroatoms. The Hall–Kier alpha value is -4.34. The summed E-state index contributed by atoms with van der Waals surface area (Å²) in [6.45, 7) is 0. The molecule has 0 bridgehead atoms. The van der Waals surface area contributed by atoms with E-state index in [4.69, 9.17) is 5.73 Å². The van der Waals surface area contributed by atoms with Crippen LogP contribution in [0.4, 0.5) is 35.2 Å². The number of halogens is 3. The van der Waals surface area contributed by atoms with Crippen molar-refractivity contribution in [2.45, 2.75) is 6.18 Å². The molecular weight excluding hydrogens is 421 g/mol. The average Bonchev–Trinajstić information content (AvgIpc) is 3.24. The van der Waals surface area contributed by atoms with Crippen LogP contribution in [0.15, 0.2) is 79.1 Å². The number of anilines is 3. The molecule has 0 saturated carbocycles. The van der Waals surface area contributed by atoms with Crippen LogP contribution < -0.4 is 16.4 Å². The zero-order valence-electron chi connectivity index (χ0n) is 16.5. The normalized spacial score (nSPS) is 11.2. The summed E-state index contributed by atoms with van der Waals surface area (Å²) in [7, 11) is 0. The van der Waals surface area contributed by atoms with Crippen molar-refractivity contribution < 1.29 is 18.0 Å². The second-order valence-electron chi connectivity index (χ2n) is 6.82. The molecular formula is C22H17F3N6O. The predicted molar refractivity (Wildman–Crippen MR) is 115 cm³/mol. The van der Waals surface area contributed by atoms with Gasteiger partial charge < -0.3 is 16.4 Å².